The van der Waals surface area contributed by atoms with Crippen LogP contribution in [0.2, 0.25) is 0 Å². The highest BCUT2D eigenvalue weighted by atomic mass is 35.5. The summed E-state index contributed by atoms with van der Waals surface area (Å²) in [7, 11) is 0. The molecule has 11 heteroatoms. The molecule has 1 amide bonds. The lowest BCUT2D eigenvalue weighted by Crippen LogP contribution is -2.47. The molecule has 3 aliphatic rings. The number of carbonyl (C=O) groups excluding carboxylic acids is 3. The first-order chi connectivity index (χ1) is 20.8. The van der Waals surface area contributed by atoms with Crippen molar-refractivity contribution in [1.29, 1.82) is 0 Å². The number of esters is 1. The summed E-state index contributed by atoms with van der Waals surface area (Å²) >= 11 is 0. The molecular weight excluding hydrogens is 595 g/mol. The van der Waals surface area contributed by atoms with Crippen molar-refractivity contribution in [2.45, 2.75) is 62.3 Å². The topological polar surface area (TPSA) is 94.6 Å². The van der Waals surface area contributed by atoms with Crippen LogP contribution in [0.4, 0.5) is 13.2 Å². The van der Waals surface area contributed by atoms with Gasteiger partial charge in [0.2, 0.25) is 11.6 Å². The van der Waals surface area contributed by atoms with Crippen molar-refractivity contribution in [3.63, 3.8) is 0 Å². The zero-order valence-electron chi connectivity index (χ0n) is 24.3. The number of likely N-dealkylation sites (tertiary alicyclic amines) is 1. The summed E-state index contributed by atoms with van der Waals surface area (Å²) < 4.78 is 47.2. The molecule has 236 valence electrons. The average molecular weight is 632 g/mol. The van der Waals surface area contributed by atoms with Crippen LogP contribution >= 0.6 is 12.4 Å². The summed E-state index contributed by atoms with van der Waals surface area (Å²) in [5.41, 5.74) is 6.08. The van der Waals surface area contributed by atoms with Gasteiger partial charge in [0, 0.05) is 36.2 Å². The molecule has 1 aliphatic carbocycles. The van der Waals surface area contributed by atoms with E-state index in [2.05, 4.69) is 0 Å². The second kappa shape index (κ2) is 12.9. The molecule has 7 nitrogen and oxygen atoms in total. The van der Waals surface area contributed by atoms with Gasteiger partial charge in [-0.05, 0) is 67.3 Å². The maximum atomic E-state index is 14.1. The Morgan fingerprint density at radius 3 is 2.34 bits per heavy atom. The Balaban J connectivity index is 0.00000384. The molecule has 3 aromatic rings. The van der Waals surface area contributed by atoms with Crippen LogP contribution < -0.4 is 5.73 Å². The summed E-state index contributed by atoms with van der Waals surface area (Å²) in [6, 6.07) is 15.2. The molecule has 0 spiro atoms. The quantitative estimate of drug-likeness (QED) is 0.318. The highest BCUT2D eigenvalue weighted by Gasteiger charge is 2.48. The number of cyclic esters (lactones) is 1. The van der Waals surface area contributed by atoms with E-state index in [0.29, 0.717) is 55.1 Å². The van der Waals surface area contributed by atoms with Crippen molar-refractivity contribution in [3.8, 4) is 0 Å². The molecule has 1 aromatic heterocycles. The summed E-state index contributed by atoms with van der Waals surface area (Å²) in [6.45, 7) is -2.51. The van der Waals surface area contributed by atoms with Crippen molar-refractivity contribution >= 4 is 41.0 Å². The summed E-state index contributed by atoms with van der Waals surface area (Å²) in [6.07, 6.45) is 3.35. The second-order valence-corrected chi connectivity index (χ2v) is 12.2. The van der Waals surface area contributed by atoms with E-state index >= 15 is 0 Å². The molecule has 2 aliphatic heterocycles. The van der Waals surface area contributed by atoms with E-state index in [1.165, 1.54) is 10.6 Å². The minimum Gasteiger partial charge on any atom is -0.428 e. The molecule has 3 heterocycles. The number of rotatable bonds is 9. The lowest BCUT2D eigenvalue weighted by molar-refractivity contribution is -0.142. The van der Waals surface area contributed by atoms with E-state index in [1.54, 1.807) is 23.1 Å². The van der Waals surface area contributed by atoms with Crippen LogP contribution in [0.25, 0.3) is 10.9 Å². The molecular formula is C33H37ClF3N3O4. The first kappa shape index (κ1) is 32.0. The zero-order valence-corrected chi connectivity index (χ0v) is 25.1. The number of Topliss-reactive ketones (excluding diaryl/α,β-unsaturated/α-hetero) is 1. The zero-order chi connectivity index (χ0) is 30.3. The molecule has 44 heavy (non-hydrogen) atoms. The number of carbonyl (C=O) groups is 3. The molecule has 2 fully saturated rings. The van der Waals surface area contributed by atoms with Gasteiger partial charge in [0.1, 0.15) is 12.4 Å². The Hall–Kier alpha value is -3.37. The fourth-order valence-electron chi connectivity index (χ4n) is 7.39. The number of aromatic nitrogens is 1. The van der Waals surface area contributed by atoms with Crippen LogP contribution in [0, 0.1) is 11.8 Å². The molecule has 1 saturated carbocycles. The summed E-state index contributed by atoms with van der Waals surface area (Å²) in [5.74, 6) is -1.24. The minimum atomic E-state index is -2.02. The van der Waals surface area contributed by atoms with Gasteiger partial charge in [-0.1, -0.05) is 36.4 Å². The number of nitrogens with two attached hydrogens (primary N) is 1. The molecule has 2 N–H and O–H groups in total. The number of alkyl halides is 3. The van der Waals surface area contributed by atoms with Gasteiger partial charge in [0.05, 0.1) is 11.6 Å². The molecule has 0 unspecified atom stereocenters. The van der Waals surface area contributed by atoms with Crippen molar-refractivity contribution in [2.75, 3.05) is 26.6 Å². The number of hydrogen-bond acceptors (Lipinski definition) is 5. The van der Waals surface area contributed by atoms with E-state index in [0.717, 1.165) is 5.56 Å². The second-order valence-electron chi connectivity index (χ2n) is 12.2. The molecule has 2 aromatic carbocycles. The minimum absolute atomic E-state index is 0. The number of ether oxygens (including phenoxy) is 1. The number of benzene rings is 2. The first-order valence-corrected chi connectivity index (χ1v) is 15.0. The van der Waals surface area contributed by atoms with Gasteiger partial charge in [0.15, 0.2) is 19.1 Å². The normalized spacial score (nSPS) is 24.9. The van der Waals surface area contributed by atoms with Crippen LogP contribution in [0.1, 0.15) is 59.6 Å². The lowest BCUT2D eigenvalue weighted by Gasteiger charge is -2.35. The highest BCUT2D eigenvalue weighted by molar-refractivity contribution is 5.99. The number of nitrogens with zero attached hydrogens (tertiary/aromatic N) is 2. The van der Waals surface area contributed by atoms with Crippen molar-refractivity contribution in [1.82, 2.24) is 9.47 Å². The Labute approximate surface area is 260 Å². The molecule has 6 rings (SSSR count). The maximum absolute atomic E-state index is 14.1. The smallest absolute Gasteiger partial charge is 0.357 e. The average Bonchev–Trinajstić information content (AvgIpc) is 3.73. The Morgan fingerprint density at radius 2 is 1.68 bits per heavy atom. The van der Waals surface area contributed by atoms with Crippen molar-refractivity contribution in [3.05, 3.63) is 71.4 Å². The van der Waals surface area contributed by atoms with Gasteiger partial charge in [-0.2, -0.15) is 0 Å². The summed E-state index contributed by atoms with van der Waals surface area (Å²) in [5, 5.41) is 0.574. The van der Waals surface area contributed by atoms with Crippen LogP contribution in [0.3, 0.4) is 0 Å². The van der Waals surface area contributed by atoms with Gasteiger partial charge in [-0.25, -0.2) is 18.0 Å². The molecule has 0 bridgehead atoms. The van der Waals surface area contributed by atoms with Crippen LogP contribution in [0.15, 0.2) is 54.6 Å². The molecule has 1 saturated heterocycles. The van der Waals surface area contributed by atoms with Crippen LogP contribution in [-0.2, 0) is 26.5 Å². The number of hydrogen-bond donors (Lipinski definition) is 1. The Bertz CT molecular complexity index is 1520. The van der Waals surface area contributed by atoms with E-state index < -0.39 is 43.8 Å². The Morgan fingerprint density at radius 1 is 0.977 bits per heavy atom. The lowest BCUT2D eigenvalue weighted by atomic mass is 9.78. The van der Waals surface area contributed by atoms with Gasteiger partial charge >= 0.3 is 5.97 Å². The SMILES string of the molecule is Cl.N[C@H](CF)C1CCC(C(=O)N2CC[C@@H](c3ccccc3)[C@H]2C(=O)Cc2ccc3c(c2)cc2n3C(CF)(CF)OC2=O)CC1. The first-order valence-electron chi connectivity index (χ1n) is 15.0. The van der Waals surface area contributed by atoms with Crippen molar-refractivity contribution < 1.29 is 32.3 Å². The third-order valence-electron chi connectivity index (χ3n) is 9.70. The number of ketones is 1. The monoisotopic (exact) mass is 631 g/mol. The fourth-order valence-corrected chi connectivity index (χ4v) is 7.39. The van der Waals surface area contributed by atoms with E-state index in [4.69, 9.17) is 10.5 Å². The predicted octanol–water partition coefficient (Wildman–Crippen LogP) is 5.42. The van der Waals surface area contributed by atoms with E-state index in [1.807, 2.05) is 30.3 Å². The molecule has 3 atom stereocenters. The Kier molecular flexibility index (Phi) is 9.41. The fraction of sp³-hybridized carbons (Fsp3) is 0.485. The largest absolute Gasteiger partial charge is 0.428 e. The van der Waals surface area contributed by atoms with E-state index in [9.17, 15) is 27.6 Å². The van der Waals surface area contributed by atoms with Crippen LogP contribution in [0.5, 0.6) is 0 Å². The predicted molar refractivity (Wildman–Crippen MR) is 162 cm³/mol. The number of halogens is 4. The van der Waals surface area contributed by atoms with Crippen LogP contribution in [-0.4, -0.2) is 65.8 Å². The maximum Gasteiger partial charge on any atom is 0.357 e. The third-order valence-corrected chi connectivity index (χ3v) is 9.70. The van der Waals surface area contributed by atoms with Gasteiger partial charge in [-0.3, -0.25) is 14.2 Å². The third kappa shape index (κ3) is 5.51. The van der Waals surface area contributed by atoms with Gasteiger partial charge < -0.3 is 15.4 Å². The summed E-state index contributed by atoms with van der Waals surface area (Å²) in [4.78, 5) is 42.1. The van der Waals surface area contributed by atoms with Gasteiger partial charge in [-0.15, -0.1) is 12.4 Å². The van der Waals surface area contributed by atoms with E-state index in [-0.39, 0.29) is 54.0 Å². The standard InChI is InChI=1S/C33H36F3N3O4.ClH/c34-17-26(37)22-7-9-23(10-8-22)31(41)38-13-12-25(21-4-2-1-3-5-21)30(38)29(40)15-20-6-11-27-24(14-20)16-28-32(42)43-33(18-35,19-36)39(27)28;/h1-6,11,14,16,22-23,25-26,30H,7-10,12-13,15,17-19,37H2;1H/t22?,23?,25-,26+,30-;/m0./s1. The molecule has 0 radical (unpaired) electrons. The highest BCUT2D eigenvalue weighted by Crippen LogP contribution is 2.40. The number of amides is 1. The number of fused-ring (bicyclic) bond motifs is 3. The van der Waals surface area contributed by atoms with Crippen molar-refractivity contribution in [2.24, 2.45) is 17.6 Å². The van der Waals surface area contributed by atoms with Gasteiger partial charge in [0.25, 0.3) is 0 Å².